The summed E-state index contributed by atoms with van der Waals surface area (Å²) in [5, 5.41) is 2.89. The van der Waals surface area contributed by atoms with Crippen LogP contribution in [-0.4, -0.2) is 26.6 Å². The highest BCUT2D eigenvalue weighted by Crippen LogP contribution is 2.20. The largest absolute Gasteiger partial charge is 0.497 e. The van der Waals surface area contributed by atoms with Crippen LogP contribution in [0.3, 0.4) is 0 Å². The van der Waals surface area contributed by atoms with Crippen molar-refractivity contribution >= 4 is 17.3 Å². The first-order valence-corrected chi connectivity index (χ1v) is 7.22. The predicted molar refractivity (Wildman–Crippen MR) is 90.8 cm³/mol. The Morgan fingerprint density at radius 1 is 1.14 bits per heavy atom. The van der Waals surface area contributed by atoms with Crippen LogP contribution in [0.1, 0.15) is 11.1 Å². The van der Waals surface area contributed by atoms with Gasteiger partial charge in [0.25, 0.3) is 0 Å². The number of methoxy groups -OCH3 is 1. The maximum absolute atomic E-state index is 12.2. The Morgan fingerprint density at radius 3 is 2.45 bits per heavy atom. The van der Waals surface area contributed by atoms with E-state index < -0.39 is 0 Å². The van der Waals surface area contributed by atoms with E-state index in [2.05, 4.69) is 23.5 Å². The number of nitrogens with zero attached hydrogens (tertiary/aromatic N) is 1. The Bertz CT molecular complexity index is 651. The summed E-state index contributed by atoms with van der Waals surface area (Å²) in [7, 11) is 3.54. The van der Waals surface area contributed by atoms with Crippen molar-refractivity contribution in [2.45, 2.75) is 13.8 Å². The lowest BCUT2D eigenvalue weighted by Gasteiger charge is -2.21. The van der Waals surface area contributed by atoms with Crippen molar-refractivity contribution < 1.29 is 9.53 Å². The van der Waals surface area contributed by atoms with Crippen molar-refractivity contribution in [2.75, 3.05) is 30.9 Å². The van der Waals surface area contributed by atoms with Crippen LogP contribution in [0.5, 0.6) is 5.75 Å². The number of hydrogen-bond donors (Lipinski definition) is 1. The Hall–Kier alpha value is -2.49. The first kappa shape index (κ1) is 15.9. The number of hydrogen-bond acceptors (Lipinski definition) is 3. The van der Waals surface area contributed by atoms with E-state index in [0.29, 0.717) is 6.54 Å². The van der Waals surface area contributed by atoms with Crippen molar-refractivity contribution in [3.63, 3.8) is 0 Å². The van der Waals surface area contributed by atoms with Crippen LogP contribution >= 0.6 is 0 Å². The second kappa shape index (κ2) is 6.98. The predicted octanol–water partition coefficient (Wildman–Crippen LogP) is 3.39. The number of carbonyl (C=O) groups is 1. The van der Waals surface area contributed by atoms with Crippen molar-refractivity contribution in [1.82, 2.24) is 0 Å². The molecule has 0 aliphatic rings. The molecule has 4 nitrogen and oxygen atoms in total. The topological polar surface area (TPSA) is 41.6 Å². The maximum Gasteiger partial charge on any atom is 0.243 e. The zero-order valence-corrected chi connectivity index (χ0v) is 13.5. The highest BCUT2D eigenvalue weighted by atomic mass is 16.5. The molecule has 116 valence electrons. The molecule has 1 N–H and O–H groups in total. The van der Waals surface area contributed by atoms with Crippen LogP contribution in [0.25, 0.3) is 0 Å². The molecule has 1 amide bonds. The van der Waals surface area contributed by atoms with E-state index >= 15 is 0 Å². The molecule has 0 spiro atoms. The summed E-state index contributed by atoms with van der Waals surface area (Å²) in [6.07, 6.45) is 0. The molecule has 0 saturated heterocycles. The van der Waals surface area contributed by atoms with E-state index in [0.717, 1.165) is 22.7 Å². The lowest BCUT2D eigenvalue weighted by atomic mass is 10.1. The Balaban J connectivity index is 2.00. The molecular formula is C18H22N2O2. The normalized spacial score (nSPS) is 10.2. The number of amides is 1. The zero-order valence-electron chi connectivity index (χ0n) is 13.5. The first-order chi connectivity index (χ1) is 10.5. The van der Waals surface area contributed by atoms with E-state index in [-0.39, 0.29) is 5.91 Å². The van der Waals surface area contributed by atoms with E-state index in [9.17, 15) is 4.79 Å². The van der Waals surface area contributed by atoms with Crippen LogP contribution in [-0.2, 0) is 4.79 Å². The molecule has 2 rings (SSSR count). The molecule has 0 radical (unpaired) electrons. The highest BCUT2D eigenvalue weighted by molar-refractivity contribution is 5.94. The van der Waals surface area contributed by atoms with Crippen LogP contribution in [0.2, 0.25) is 0 Å². The molecule has 0 aliphatic carbocycles. The summed E-state index contributed by atoms with van der Waals surface area (Å²) >= 11 is 0. The number of likely N-dealkylation sites (N-methyl/N-ethyl adjacent to an activating group) is 1. The number of aryl methyl sites for hydroxylation is 2. The number of carbonyl (C=O) groups excluding carboxylic acids is 1. The lowest BCUT2D eigenvalue weighted by Crippen LogP contribution is -2.30. The first-order valence-electron chi connectivity index (χ1n) is 7.22. The average molecular weight is 298 g/mol. The quantitative estimate of drug-likeness (QED) is 0.920. The Labute approximate surface area is 131 Å². The van der Waals surface area contributed by atoms with Crippen molar-refractivity contribution in [3.05, 3.63) is 53.6 Å². The molecule has 2 aromatic rings. The molecule has 0 aromatic heterocycles. The number of rotatable bonds is 5. The molecule has 0 aliphatic heterocycles. The van der Waals surface area contributed by atoms with Crippen molar-refractivity contribution in [2.24, 2.45) is 0 Å². The fourth-order valence-electron chi connectivity index (χ4n) is 2.31. The van der Waals surface area contributed by atoms with Gasteiger partial charge in [0.15, 0.2) is 0 Å². The van der Waals surface area contributed by atoms with Gasteiger partial charge in [0.05, 0.1) is 13.7 Å². The summed E-state index contributed by atoms with van der Waals surface area (Å²) < 4.78 is 5.10. The standard InChI is InChI=1S/C18H22N2O2/c1-13-5-6-14(2)17(11-13)20(3)12-18(21)19-15-7-9-16(22-4)10-8-15/h5-11H,12H2,1-4H3,(H,19,21). The Morgan fingerprint density at radius 2 is 1.82 bits per heavy atom. The number of benzene rings is 2. The molecule has 2 aromatic carbocycles. The number of nitrogens with one attached hydrogen (secondary N) is 1. The van der Waals surface area contributed by atoms with Gasteiger partial charge in [-0.1, -0.05) is 12.1 Å². The van der Waals surface area contributed by atoms with Crippen LogP contribution in [0.4, 0.5) is 11.4 Å². The molecule has 0 saturated carbocycles. The van der Waals surface area contributed by atoms with Crippen LogP contribution in [0.15, 0.2) is 42.5 Å². The molecule has 0 unspecified atom stereocenters. The SMILES string of the molecule is COc1ccc(NC(=O)CN(C)c2cc(C)ccc2C)cc1. The molecule has 0 fully saturated rings. The maximum atomic E-state index is 12.2. The monoisotopic (exact) mass is 298 g/mol. The molecule has 0 heterocycles. The zero-order chi connectivity index (χ0) is 16.1. The minimum atomic E-state index is -0.0476. The van der Waals surface area contributed by atoms with Crippen LogP contribution < -0.4 is 15.0 Å². The van der Waals surface area contributed by atoms with Gasteiger partial charge < -0.3 is 15.0 Å². The van der Waals surface area contributed by atoms with E-state index in [4.69, 9.17) is 4.74 Å². The lowest BCUT2D eigenvalue weighted by molar-refractivity contribution is -0.114. The van der Waals surface area contributed by atoms with Gasteiger partial charge in [-0.3, -0.25) is 4.79 Å². The minimum absolute atomic E-state index is 0.0476. The summed E-state index contributed by atoms with van der Waals surface area (Å²) in [5.41, 5.74) is 4.18. The fraction of sp³-hybridized carbons (Fsp3) is 0.278. The smallest absolute Gasteiger partial charge is 0.243 e. The minimum Gasteiger partial charge on any atom is -0.497 e. The Kier molecular flexibility index (Phi) is 5.04. The third-order valence-corrected chi connectivity index (χ3v) is 3.53. The van der Waals surface area contributed by atoms with E-state index in [1.807, 2.05) is 50.1 Å². The van der Waals surface area contributed by atoms with Gasteiger partial charge in [0.2, 0.25) is 5.91 Å². The molecular weight excluding hydrogens is 276 g/mol. The summed E-state index contributed by atoms with van der Waals surface area (Å²) in [6, 6.07) is 13.5. The summed E-state index contributed by atoms with van der Waals surface area (Å²) in [6.45, 7) is 4.40. The van der Waals surface area contributed by atoms with Gasteiger partial charge >= 0.3 is 0 Å². The van der Waals surface area contributed by atoms with Gasteiger partial charge in [-0.25, -0.2) is 0 Å². The molecule has 22 heavy (non-hydrogen) atoms. The van der Waals surface area contributed by atoms with Crippen LogP contribution in [0, 0.1) is 13.8 Å². The van der Waals surface area contributed by atoms with E-state index in [1.165, 1.54) is 5.56 Å². The summed E-state index contributed by atoms with van der Waals surface area (Å²) in [4.78, 5) is 14.1. The average Bonchev–Trinajstić information content (AvgIpc) is 2.50. The summed E-state index contributed by atoms with van der Waals surface area (Å²) in [5.74, 6) is 0.721. The van der Waals surface area contributed by atoms with Gasteiger partial charge in [0.1, 0.15) is 5.75 Å². The number of ether oxygens (including phenoxy) is 1. The van der Waals surface area contributed by atoms with Gasteiger partial charge in [-0.2, -0.15) is 0 Å². The fourth-order valence-corrected chi connectivity index (χ4v) is 2.31. The van der Waals surface area contributed by atoms with Crippen molar-refractivity contribution in [3.8, 4) is 5.75 Å². The van der Waals surface area contributed by atoms with Gasteiger partial charge in [0, 0.05) is 18.4 Å². The molecule has 0 bridgehead atoms. The molecule has 0 atom stereocenters. The van der Waals surface area contributed by atoms with E-state index in [1.54, 1.807) is 7.11 Å². The van der Waals surface area contributed by atoms with Crippen molar-refractivity contribution in [1.29, 1.82) is 0 Å². The third-order valence-electron chi connectivity index (χ3n) is 3.53. The third kappa shape index (κ3) is 4.01. The van der Waals surface area contributed by atoms with Gasteiger partial charge in [-0.05, 0) is 55.3 Å². The highest BCUT2D eigenvalue weighted by Gasteiger charge is 2.10. The number of anilines is 2. The second-order valence-electron chi connectivity index (χ2n) is 5.42. The second-order valence-corrected chi connectivity index (χ2v) is 5.42. The van der Waals surface area contributed by atoms with Gasteiger partial charge in [-0.15, -0.1) is 0 Å². The molecule has 4 heteroatoms.